The first kappa shape index (κ1) is 12.4. The summed E-state index contributed by atoms with van der Waals surface area (Å²) in [6.45, 7) is 3.25. The molecule has 0 aliphatic carbocycles. The number of carbonyl (C=O) groups excluding carboxylic acids is 2. The fourth-order valence-corrected chi connectivity index (χ4v) is 1.35. The van der Waals surface area contributed by atoms with Crippen LogP contribution in [-0.2, 0) is 27.2 Å². The van der Waals surface area contributed by atoms with Crippen molar-refractivity contribution in [3.05, 3.63) is 35.4 Å². The summed E-state index contributed by atoms with van der Waals surface area (Å²) in [6.07, 6.45) is 1.30. The van der Waals surface area contributed by atoms with Crippen LogP contribution in [0.5, 0.6) is 0 Å². The Kier molecular flexibility index (Phi) is 4.70. The largest absolute Gasteiger partial charge is 0.458 e. The Bertz CT molecular complexity index is 365. The highest BCUT2D eigenvalue weighted by Crippen LogP contribution is 2.06. The summed E-state index contributed by atoms with van der Waals surface area (Å²) in [7, 11) is 0. The third-order valence-electron chi connectivity index (χ3n) is 2.27. The molecule has 0 amide bonds. The van der Waals surface area contributed by atoms with Crippen molar-refractivity contribution < 1.29 is 14.3 Å². The molecule has 1 aromatic carbocycles. The molecule has 0 aliphatic heterocycles. The fraction of sp³-hybridized carbons (Fsp3) is 0.385. The van der Waals surface area contributed by atoms with Crippen molar-refractivity contribution in [1.82, 2.24) is 0 Å². The van der Waals surface area contributed by atoms with Crippen molar-refractivity contribution in [3.8, 4) is 0 Å². The van der Waals surface area contributed by atoms with Crippen LogP contribution >= 0.6 is 0 Å². The van der Waals surface area contributed by atoms with Gasteiger partial charge >= 0.3 is 5.97 Å². The van der Waals surface area contributed by atoms with Crippen LogP contribution < -0.4 is 0 Å². The molecule has 3 nitrogen and oxygen atoms in total. The van der Waals surface area contributed by atoms with Crippen LogP contribution in [0.15, 0.2) is 24.3 Å². The van der Waals surface area contributed by atoms with Crippen LogP contribution in [0.2, 0.25) is 0 Å². The van der Waals surface area contributed by atoms with Crippen molar-refractivity contribution >= 4 is 11.8 Å². The molecular weight excluding hydrogens is 204 g/mol. The van der Waals surface area contributed by atoms with Crippen LogP contribution in [0.25, 0.3) is 0 Å². The quantitative estimate of drug-likeness (QED) is 0.712. The third kappa shape index (κ3) is 4.26. The number of Topliss-reactive ketones (excluding diaryl/α,β-unsaturated/α-hetero) is 1. The van der Waals surface area contributed by atoms with Gasteiger partial charge in [-0.3, -0.25) is 9.59 Å². The van der Waals surface area contributed by atoms with E-state index in [-0.39, 0.29) is 12.4 Å². The maximum Gasteiger partial charge on any atom is 0.303 e. The van der Waals surface area contributed by atoms with E-state index in [1.165, 1.54) is 12.5 Å². The maximum atomic E-state index is 11.4. The predicted octanol–water partition coefficient (Wildman–Crippen LogP) is 1.92. The number of ketones is 1. The molecule has 0 unspecified atom stereocenters. The molecule has 0 radical (unpaired) electrons. The summed E-state index contributed by atoms with van der Waals surface area (Å²) in [4.78, 5) is 21.9. The molecule has 16 heavy (non-hydrogen) atoms. The number of benzene rings is 1. The zero-order chi connectivity index (χ0) is 12.0. The average Bonchev–Trinajstić information content (AvgIpc) is 2.27. The van der Waals surface area contributed by atoms with Gasteiger partial charge in [0, 0.05) is 13.3 Å². The second kappa shape index (κ2) is 6.05. The number of ether oxygens (including phenoxy) is 1. The number of carbonyl (C=O) groups is 2. The minimum atomic E-state index is -0.422. The van der Waals surface area contributed by atoms with E-state index in [1.807, 2.05) is 24.3 Å². The maximum absolute atomic E-state index is 11.4. The Morgan fingerprint density at radius 1 is 1.12 bits per heavy atom. The highest BCUT2D eigenvalue weighted by molar-refractivity contribution is 5.83. The first-order valence-electron chi connectivity index (χ1n) is 5.34. The molecule has 0 heterocycles. The van der Waals surface area contributed by atoms with E-state index in [9.17, 15) is 9.59 Å². The monoisotopic (exact) mass is 220 g/mol. The molecule has 1 aromatic rings. The fourth-order valence-electron chi connectivity index (χ4n) is 1.35. The van der Waals surface area contributed by atoms with E-state index in [4.69, 9.17) is 0 Å². The summed E-state index contributed by atoms with van der Waals surface area (Å²) in [5.41, 5.74) is 2.20. The van der Waals surface area contributed by atoms with E-state index >= 15 is 0 Å². The molecule has 0 saturated heterocycles. The van der Waals surface area contributed by atoms with E-state index in [0.29, 0.717) is 6.42 Å². The van der Waals surface area contributed by atoms with Gasteiger partial charge in [0.05, 0.1) is 0 Å². The van der Waals surface area contributed by atoms with Gasteiger partial charge in [-0.25, -0.2) is 0 Å². The Morgan fingerprint density at radius 2 is 1.69 bits per heavy atom. The Balaban J connectivity index is 2.46. The van der Waals surface area contributed by atoms with Crippen LogP contribution in [0.3, 0.4) is 0 Å². The van der Waals surface area contributed by atoms with Gasteiger partial charge in [0.1, 0.15) is 6.61 Å². The van der Waals surface area contributed by atoms with Crippen molar-refractivity contribution in [3.63, 3.8) is 0 Å². The van der Waals surface area contributed by atoms with E-state index in [0.717, 1.165) is 12.0 Å². The van der Waals surface area contributed by atoms with Gasteiger partial charge in [-0.05, 0) is 17.5 Å². The lowest BCUT2D eigenvalue weighted by Crippen LogP contribution is -2.13. The van der Waals surface area contributed by atoms with Crippen molar-refractivity contribution in [2.75, 3.05) is 6.61 Å². The number of hydrogen-bond donors (Lipinski definition) is 0. The number of aryl methyl sites for hydroxylation is 1. The first-order valence-corrected chi connectivity index (χ1v) is 5.34. The molecule has 86 valence electrons. The molecule has 0 aliphatic rings. The van der Waals surface area contributed by atoms with Crippen LogP contribution in [-0.4, -0.2) is 18.4 Å². The molecule has 0 N–H and O–H groups in total. The third-order valence-corrected chi connectivity index (χ3v) is 2.27. The Hall–Kier alpha value is -1.64. The summed E-state index contributed by atoms with van der Waals surface area (Å²) < 4.78 is 4.63. The number of rotatable bonds is 5. The summed E-state index contributed by atoms with van der Waals surface area (Å²) in [5, 5.41) is 0. The SMILES string of the molecule is CCc1ccc(CC(=O)COC(C)=O)cc1. The van der Waals surface area contributed by atoms with E-state index in [1.54, 1.807) is 0 Å². The van der Waals surface area contributed by atoms with Crippen LogP contribution in [0.4, 0.5) is 0 Å². The Labute approximate surface area is 95.4 Å². The molecule has 0 atom stereocenters. The lowest BCUT2D eigenvalue weighted by Gasteiger charge is -2.03. The summed E-state index contributed by atoms with van der Waals surface area (Å²) >= 11 is 0. The second-order valence-corrected chi connectivity index (χ2v) is 3.67. The van der Waals surface area contributed by atoms with Gasteiger partial charge in [0.15, 0.2) is 5.78 Å². The minimum absolute atomic E-state index is 0.0838. The molecule has 0 saturated carbocycles. The molecule has 0 bridgehead atoms. The lowest BCUT2D eigenvalue weighted by atomic mass is 10.1. The lowest BCUT2D eigenvalue weighted by molar-refractivity contribution is -0.145. The van der Waals surface area contributed by atoms with E-state index < -0.39 is 5.97 Å². The van der Waals surface area contributed by atoms with Crippen molar-refractivity contribution in [1.29, 1.82) is 0 Å². The molecule has 0 aromatic heterocycles. The van der Waals surface area contributed by atoms with Gasteiger partial charge in [0.25, 0.3) is 0 Å². The zero-order valence-electron chi connectivity index (χ0n) is 9.66. The van der Waals surface area contributed by atoms with Gasteiger partial charge in [-0.15, -0.1) is 0 Å². The molecule has 1 rings (SSSR count). The highest BCUT2D eigenvalue weighted by Gasteiger charge is 2.05. The normalized spacial score (nSPS) is 9.88. The van der Waals surface area contributed by atoms with Gasteiger partial charge in [-0.1, -0.05) is 31.2 Å². The summed E-state index contributed by atoms with van der Waals surface area (Å²) in [5.74, 6) is -0.505. The topological polar surface area (TPSA) is 43.4 Å². The van der Waals surface area contributed by atoms with Crippen molar-refractivity contribution in [2.45, 2.75) is 26.7 Å². The molecule has 0 fully saturated rings. The smallest absolute Gasteiger partial charge is 0.303 e. The van der Waals surface area contributed by atoms with Crippen LogP contribution in [0.1, 0.15) is 25.0 Å². The van der Waals surface area contributed by atoms with E-state index in [2.05, 4.69) is 11.7 Å². The highest BCUT2D eigenvalue weighted by atomic mass is 16.5. The van der Waals surface area contributed by atoms with Gasteiger partial charge in [0.2, 0.25) is 0 Å². The predicted molar refractivity (Wildman–Crippen MR) is 61.2 cm³/mol. The molecule has 0 spiro atoms. The summed E-state index contributed by atoms with van der Waals surface area (Å²) in [6, 6.07) is 7.89. The standard InChI is InChI=1S/C13H16O3/c1-3-11-4-6-12(7-5-11)8-13(15)9-16-10(2)14/h4-7H,3,8-9H2,1-2H3. The van der Waals surface area contributed by atoms with Crippen LogP contribution in [0, 0.1) is 0 Å². The first-order chi connectivity index (χ1) is 7.61. The number of esters is 1. The molecular formula is C13H16O3. The average molecular weight is 220 g/mol. The van der Waals surface area contributed by atoms with Gasteiger partial charge in [-0.2, -0.15) is 0 Å². The second-order valence-electron chi connectivity index (χ2n) is 3.67. The Morgan fingerprint density at radius 3 is 2.19 bits per heavy atom. The zero-order valence-corrected chi connectivity index (χ0v) is 9.66. The number of hydrogen-bond acceptors (Lipinski definition) is 3. The van der Waals surface area contributed by atoms with Crippen molar-refractivity contribution in [2.24, 2.45) is 0 Å². The molecule has 3 heteroatoms. The minimum Gasteiger partial charge on any atom is -0.458 e. The van der Waals surface area contributed by atoms with Gasteiger partial charge < -0.3 is 4.74 Å².